The lowest BCUT2D eigenvalue weighted by Crippen LogP contribution is -2.43. The topological polar surface area (TPSA) is 0 Å². The Labute approximate surface area is 63.4 Å². The standard InChI is InChI=1S/C5H5F7/c1-4(8,9)2(6)3(7)5(10,11)12/h2-3H,1H3. The Hall–Kier alpha value is -0.490. The van der Waals surface area contributed by atoms with Gasteiger partial charge in [0.2, 0.25) is 12.3 Å². The normalized spacial score (nSPS) is 19.0. The van der Waals surface area contributed by atoms with Gasteiger partial charge in [0, 0.05) is 6.92 Å². The second kappa shape index (κ2) is 3.10. The van der Waals surface area contributed by atoms with Crippen LogP contribution in [0.1, 0.15) is 6.92 Å². The maximum atomic E-state index is 12.0. The molecular formula is C5H5F7. The number of hydrogen-bond acceptors (Lipinski definition) is 0. The van der Waals surface area contributed by atoms with Crippen LogP contribution in [-0.4, -0.2) is 24.4 Å². The number of alkyl halides is 7. The molecule has 0 radical (unpaired) electrons. The molecule has 74 valence electrons. The molecule has 0 spiro atoms. The maximum Gasteiger partial charge on any atom is 0.422 e. The van der Waals surface area contributed by atoms with E-state index >= 15 is 0 Å². The van der Waals surface area contributed by atoms with E-state index in [2.05, 4.69) is 0 Å². The van der Waals surface area contributed by atoms with Crippen molar-refractivity contribution in [2.24, 2.45) is 0 Å². The molecule has 0 aromatic heterocycles. The van der Waals surface area contributed by atoms with Crippen LogP contribution in [0.15, 0.2) is 0 Å². The molecule has 0 nitrogen and oxygen atoms in total. The lowest BCUT2D eigenvalue weighted by molar-refractivity contribution is -0.222. The minimum Gasteiger partial charge on any atom is -0.237 e. The van der Waals surface area contributed by atoms with Gasteiger partial charge in [0.25, 0.3) is 5.92 Å². The monoisotopic (exact) mass is 198 g/mol. The predicted octanol–water partition coefficient (Wildman–Crippen LogP) is 2.88. The van der Waals surface area contributed by atoms with Crippen molar-refractivity contribution in [3.05, 3.63) is 0 Å². The summed E-state index contributed by atoms with van der Waals surface area (Å²) in [4.78, 5) is 0. The molecule has 2 atom stereocenters. The molecule has 7 heteroatoms. The zero-order chi connectivity index (χ0) is 10.2. The van der Waals surface area contributed by atoms with Crippen molar-refractivity contribution in [3.8, 4) is 0 Å². The van der Waals surface area contributed by atoms with Gasteiger partial charge in [0.1, 0.15) is 0 Å². The zero-order valence-electron chi connectivity index (χ0n) is 5.80. The Balaban J connectivity index is 4.41. The first-order valence-electron chi connectivity index (χ1n) is 2.79. The summed E-state index contributed by atoms with van der Waals surface area (Å²) in [7, 11) is 0. The van der Waals surface area contributed by atoms with Crippen LogP contribution in [0.2, 0.25) is 0 Å². The van der Waals surface area contributed by atoms with Gasteiger partial charge in [0.15, 0.2) is 0 Å². The highest BCUT2D eigenvalue weighted by molar-refractivity contribution is 4.83. The summed E-state index contributed by atoms with van der Waals surface area (Å²) in [5.41, 5.74) is 0. The highest BCUT2D eigenvalue weighted by atomic mass is 19.4. The lowest BCUT2D eigenvalue weighted by Gasteiger charge is -2.21. The third-order valence-corrected chi connectivity index (χ3v) is 1.05. The molecule has 0 aromatic carbocycles. The minimum absolute atomic E-state index is 0.115. The van der Waals surface area contributed by atoms with Crippen LogP contribution in [0, 0.1) is 0 Å². The minimum atomic E-state index is -5.58. The van der Waals surface area contributed by atoms with Crippen molar-refractivity contribution in [1.29, 1.82) is 0 Å². The van der Waals surface area contributed by atoms with E-state index in [1.165, 1.54) is 0 Å². The van der Waals surface area contributed by atoms with Gasteiger partial charge in [0.05, 0.1) is 0 Å². The largest absolute Gasteiger partial charge is 0.422 e. The molecule has 2 unspecified atom stereocenters. The Kier molecular flexibility index (Phi) is 2.97. The van der Waals surface area contributed by atoms with Crippen LogP contribution in [0.5, 0.6) is 0 Å². The Morgan fingerprint density at radius 2 is 1.17 bits per heavy atom. The highest BCUT2D eigenvalue weighted by Gasteiger charge is 2.54. The van der Waals surface area contributed by atoms with E-state index < -0.39 is 24.4 Å². The second-order valence-corrected chi connectivity index (χ2v) is 2.30. The average molecular weight is 198 g/mol. The summed E-state index contributed by atoms with van der Waals surface area (Å²) in [6.07, 6.45) is -13.6. The van der Waals surface area contributed by atoms with Gasteiger partial charge in [-0.15, -0.1) is 0 Å². The van der Waals surface area contributed by atoms with Crippen LogP contribution in [0.3, 0.4) is 0 Å². The first kappa shape index (κ1) is 11.5. The Morgan fingerprint density at radius 1 is 0.833 bits per heavy atom. The smallest absolute Gasteiger partial charge is 0.237 e. The molecule has 0 aromatic rings. The third kappa shape index (κ3) is 2.86. The van der Waals surface area contributed by atoms with Crippen molar-refractivity contribution < 1.29 is 30.7 Å². The fourth-order valence-electron chi connectivity index (χ4n) is 0.423. The van der Waals surface area contributed by atoms with Crippen LogP contribution >= 0.6 is 0 Å². The molecule has 0 heterocycles. The molecule has 0 rings (SSSR count). The zero-order valence-corrected chi connectivity index (χ0v) is 5.80. The van der Waals surface area contributed by atoms with E-state index in [0.29, 0.717) is 0 Å². The van der Waals surface area contributed by atoms with E-state index in [1.807, 2.05) is 0 Å². The maximum absolute atomic E-state index is 12.0. The molecule has 0 saturated carbocycles. The van der Waals surface area contributed by atoms with Crippen LogP contribution in [0.25, 0.3) is 0 Å². The number of halogens is 7. The van der Waals surface area contributed by atoms with Crippen LogP contribution in [-0.2, 0) is 0 Å². The van der Waals surface area contributed by atoms with Gasteiger partial charge >= 0.3 is 6.18 Å². The van der Waals surface area contributed by atoms with Crippen molar-refractivity contribution >= 4 is 0 Å². The lowest BCUT2D eigenvalue weighted by atomic mass is 10.1. The predicted molar refractivity (Wildman–Crippen MR) is 26.5 cm³/mol. The number of hydrogen-bond donors (Lipinski definition) is 0. The molecule has 12 heavy (non-hydrogen) atoms. The highest BCUT2D eigenvalue weighted by Crippen LogP contribution is 2.34. The third-order valence-electron chi connectivity index (χ3n) is 1.05. The molecule has 0 saturated heterocycles. The fraction of sp³-hybridized carbons (Fsp3) is 1.00. The van der Waals surface area contributed by atoms with Crippen molar-refractivity contribution in [3.63, 3.8) is 0 Å². The average Bonchev–Trinajstić information content (AvgIpc) is 1.80. The summed E-state index contributed by atoms with van der Waals surface area (Å²) in [5.74, 6) is -4.32. The van der Waals surface area contributed by atoms with E-state index in [0.717, 1.165) is 0 Å². The Morgan fingerprint density at radius 3 is 1.25 bits per heavy atom. The first-order valence-corrected chi connectivity index (χ1v) is 2.79. The van der Waals surface area contributed by atoms with Gasteiger partial charge in [-0.2, -0.15) is 13.2 Å². The van der Waals surface area contributed by atoms with Crippen molar-refractivity contribution in [1.82, 2.24) is 0 Å². The molecule has 0 bridgehead atoms. The van der Waals surface area contributed by atoms with Gasteiger partial charge in [-0.1, -0.05) is 0 Å². The molecule has 0 aliphatic rings. The summed E-state index contributed by atoms with van der Waals surface area (Å²) in [6.45, 7) is -0.115. The van der Waals surface area contributed by atoms with E-state index in [4.69, 9.17) is 0 Å². The molecule has 0 N–H and O–H groups in total. The number of rotatable bonds is 2. The Bertz CT molecular complexity index is 125. The molecule has 0 aliphatic heterocycles. The van der Waals surface area contributed by atoms with Gasteiger partial charge < -0.3 is 0 Å². The SMILES string of the molecule is CC(F)(F)C(F)C(F)C(F)(F)F. The van der Waals surface area contributed by atoms with Gasteiger partial charge in [-0.3, -0.25) is 0 Å². The quantitative estimate of drug-likeness (QED) is 0.598. The molecule has 0 amide bonds. The fourth-order valence-corrected chi connectivity index (χ4v) is 0.423. The van der Waals surface area contributed by atoms with E-state index in [-0.39, 0.29) is 6.92 Å². The van der Waals surface area contributed by atoms with Crippen molar-refractivity contribution in [2.75, 3.05) is 0 Å². The molecular weight excluding hydrogens is 193 g/mol. The molecule has 0 fully saturated rings. The summed E-state index contributed by atoms with van der Waals surface area (Å²) < 4.78 is 81.2. The second-order valence-electron chi connectivity index (χ2n) is 2.30. The van der Waals surface area contributed by atoms with Crippen LogP contribution < -0.4 is 0 Å². The summed E-state index contributed by atoms with van der Waals surface area (Å²) in [5, 5.41) is 0. The summed E-state index contributed by atoms with van der Waals surface area (Å²) in [6, 6.07) is 0. The van der Waals surface area contributed by atoms with Gasteiger partial charge in [-0.25, -0.2) is 17.6 Å². The first-order chi connectivity index (χ1) is 5.07. The van der Waals surface area contributed by atoms with E-state index in [1.54, 1.807) is 0 Å². The summed E-state index contributed by atoms with van der Waals surface area (Å²) >= 11 is 0. The van der Waals surface area contributed by atoms with Gasteiger partial charge in [-0.05, 0) is 0 Å². The van der Waals surface area contributed by atoms with Crippen LogP contribution in [0.4, 0.5) is 30.7 Å². The van der Waals surface area contributed by atoms with Crippen molar-refractivity contribution in [2.45, 2.75) is 31.4 Å². The molecule has 0 aliphatic carbocycles. The van der Waals surface area contributed by atoms with E-state index in [9.17, 15) is 30.7 Å².